The van der Waals surface area contributed by atoms with Crippen molar-refractivity contribution in [1.82, 2.24) is 9.78 Å². The highest BCUT2D eigenvalue weighted by Gasteiger charge is 2.12. The largest absolute Gasteiger partial charge is 0.330 e. The fraction of sp³-hybridized carbons (Fsp3) is 0.364. The number of nitrogens with zero attached hydrogens (tertiary/aromatic N) is 2. The molecule has 1 aromatic carbocycles. The van der Waals surface area contributed by atoms with Gasteiger partial charge in [-0.05, 0) is 24.1 Å². The van der Waals surface area contributed by atoms with E-state index in [4.69, 9.17) is 5.73 Å². The molecule has 3 nitrogen and oxygen atoms in total. The second-order valence-corrected chi connectivity index (χ2v) is 3.84. The van der Waals surface area contributed by atoms with E-state index in [1.165, 1.54) is 6.07 Å². The maximum atomic E-state index is 13.7. The molecule has 0 fully saturated rings. The number of rotatable bonds is 2. The number of aryl methyl sites for hydroxylation is 1. The minimum atomic E-state index is -0.205. The van der Waals surface area contributed by atoms with E-state index in [-0.39, 0.29) is 11.7 Å². The molecule has 0 aliphatic heterocycles. The molecule has 0 bridgehead atoms. The Labute approximate surface area is 87.7 Å². The first kappa shape index (κ1) is 10.1. The Bertz CT molecular complexity index is 490. The summed E-state index contributed by atoms with van der Waals surface area (Å²) in [5, 5.41) is 5.03. The van der Waals surface area contributed by atoms with Crippen molar-refractivity contribution in [2.24, 2.45) is 12.8 Å². The van der Waals surface area contributed by atoms with Crippen molar-refractivity contribution in [2.45, 2.75) is 12.8 Å². The SMILES string of the molecule is CC(CN)c1cc2cnn(C)c2cc1F. The van der Waals surface area contributed by atoms with E-state index in [1.807, 2.05) is 13.0 Å². The van der Waals surface area contributed by atoms with Crippen molar-refractivity contribution < 1.29 is 4.39 Å². The summed E-state index contributed by atoms with van der Waals surface area (Å²) in [6.45, 7) is 2.36. The van der Waals surface area contributed by atoms with Crippen LogP contribution >= 0.6 is 0 Å². The second-order valence-electron chi connectivity index (χ2n) is 3.84. The molecule has 1 unspecified atom stereocenters. The topological polar surface area (TPSA) is 43.8 Å². The molecule has 15 heavy (non-hydrogen) atoms. The smallest absolute Gasteiger partial charge is 0.128 e. The highest BCUT2D eigenvalue weighted by Crippen LogP contribution is 2.23. The molecule has 0 saturated heterocycles. The van der Waals surface area contributed by atoms with Crippen molar-refractivity contribution in [2.75, 3.05) is 6.54 Å². The van der Waals surface area contributed by atoms with Gasteiger partial charge in [-0.1, -0.05) is 6.92 Å². The van der Waals surface area contributed by atoms with Gasteiger partial charge in [-0.2, -0.15) is 5.10 Å². The highest BCUT2D eigenvalue weighted by atomic mass is 19.1. The third kappa shape index (κ3) is 1.61. The van der Waals surface area contributed by atoms with Gasteiger partial charge in [-0.25, -0.2) is 4.39 Å². The first-order chi connectivity index (χ1) is 7.13. The fourth-order valence-corrected chi connectivity index (χ4v) is 1.70. The lowest BCUT2D eigenvalue weighted by molar-refractivity contribution is 0.591. The van der Waals surface area contributed by atoms with Gasteiger partial charge in [0.15, 0.2) is 0 Å². The van der Waals surface area contributed by atoms with Crippen LogP contribution in [-0.2, 0) is 7.05 Å². The Morgan fingerprint density at radius 3 is 2.93 bits per heavy atom. The van der Waals surface area contributed by atoms with Crippen LogP contribution in [-0.4, -0.2) is 16.3 Å². The van der Waals surface area contributed by atoms with Gasteiger partial charge in [0.2, 0.25) is 0 Å². The molecule has 1 heterocycles. The molecule has 0 aliphatic rings. The first-order valence-corrected chi connectivity index (χ1v) is 4.94. The first-order valence-electron chi connectivity index (χ1n) is 4.94. The molecule has 1 aromatic heterocycles. The van der Waals surface area contributed by atoms with E-state index in [9.17, 15) is 4.39 Å². The van der Waals surface area contributed by atoms with Crippen LogP contribution in [0.5, 0.6) is 0 Å². The lowest BCUT2D eigenvalue weighted by Gasteiger charge is -2.10. The zero-order valence-corrected chi connectivity index (χ0v) is 8.87. The lowest BCUT2D eigenvalue weighted by atomic mass is 9.99. The Hall–Kier alpha value is -1.42. The average Bonchev–Trinajstić information content (AvgIpc) is 2.58. The van der Waals surface area contributed by atoms with Crippen LogP contribution in [0.1, 0.15) is 18.4 Å². The van der Waals surface area contributed by atoms with E-state index in [1.54, 1.807) is 17.9 Å². The summed E-state index contributed by atoms with van der Waals surface area (Å²) < 4.78 is 15.4. The van der Waals surface area contributed by atoms with Crippen LogP contribution < -0.4 is 5.73 Å². The Kier molecular flexibility index (Phi) is 2.44. The van der Waals surface area contributed by atoms with E-state index in [0.29, 0.717) is 12.1 Å². The average molecular weight is 207 g/mol. The molecule has 0 aliphatic carbocycles. The minimum Gasteiger partial charge on any atom is -0.330 e. The standard InChI is InChI=1S/C11H14FN3/c1-7(5-13)9-3-8-6-14-15(2)11(8)4-10(9)12/h3-4,6-7H,5,13H2,1-2H3. The third-order valence-electron chi connectivity index (χ3n) is 2.75. The Balaban J connectivity index is 2.63. The maximum absolute atomic E-state index is 13.7. The number of hydrogen-bond donors (Lipinski definition) is 1. The highest BCUT2D eigenvalue weighted by molar-refractivity contribution is 5.79. The summed E-state index contributed by atoms with van der Waals surface area (Å²) in [6, 6.07) is 3.35. The van der Waals surface area contributed by atoms with E-state index in [2.05, 4.69) is 5.10 Å². The molecule has 2 aromatic rings. The van der Waals surface area contributed by atoms with Gasteiger partial charge in [0.05, 0.1) is 11.7 Å². The van der Waals surface area contributed by atoms with Gasteiger partial charge >= 0.3 is 0 Å². The van der Waals surface area contributed by atoms with Crippen molar-refractivity contribution in [3.8, 4) is 0 Å². The third-order valence-corrected chi connectivity index (χ3v) is 2.75. The Morgan fingerprint density at radius 2 is 2.27 bits per heavy atom. The van der Waals surface area contributed by atoms with Crippen LogP contribution in [0, 0.1) is 5.82 Å². The summed E-state index contributed by atoms with van der Waals surface area (Å²) in [4.78, 5) is 0. The summed E-state index contributed by atoms with van der Waals surface area (Å²) in [5.74, 6) is -0.168. The predicted octanol–water partition coefficient (Wildman–Crippen LogP) is 1.77. The van der Waals surface area contributed by atoms with Crippen molar-refractivity contribution in [3.63, 3.8) is 0 Å². The summed E-state index contributed by atoms with van der Waals surface area (Å²) >= 11 is 0. The van der Waals surface area contributed by atoms with E-state index < -0.39 is 0 Å². The predicted molar refractivity (Wildman–Crippen MR) is 58.1 cm³/mol. The van der Waals surface area contributed by atoms with Gasteiger partial charge < -0.3 is 5.73 Å². The number of halogens is 1. The monoisotopic (exact) mass is 207 g/mol. The summed E-state index contributed by atoms with van der Waals surface area (Å²) in [5.41, 5.74) is 7.01. The van der Waals surface area contributed by atoms with Crippen molar-refractivity contribution in [1.29, 1.82) is 0 Å². The molecule has 80 valence electrons. The lowest BCUT2D eigenvalue weighted by Crippen LogP contribution is -2.10. The molecule has 0 saturated carbocycles. The van der Waals surface area contributed by atoms with Crippen molar-refractivity contribution >= 4 is 10.9 Å². The van der Waals surface area contributed by atoms with E-state index >= 15 is 0 Å². The molecule has 2 rings (SSSR count). The summed E-state index contributed by atoms with van der Waals surface area (Å²) in [7, 11) is 1.80. The molecule has 2 N–H and O–H groups in total. The van der Waals surface area contributed by atoms with Gasteiger partial charge in [0, 0.05) is 18.5 Å². The van der Waals surface area contributed by atoms with Gasteiger partial charge in [-0.15, -0.1) is 0 Å². The minimum absolute atomic E-state index is 0.0367. The van der Waals surface area contributed by atoms with Gasteiger partial charge in [0.25, 0.3) is 0 Å². The van der Waals surface area contributed by atoms with Crippen LogP contribution in [0.15, 0.2) is 18.3 Å². The molecule has 0 radical (unpaired) electrons. The zero-order valence-electron chi connectivity index (χ0n) is 8.87. The number of fused-ring (bicyclic) bond motifs is 1. The molecule has 0 amide bonds. The number of benzene rings is 1. The number of aromatic nitrogens is 2. The number of hydrogen-bond acceptors (Lipinski definition) is 2. The van der Waals surface area contributed by atoms with Crippen LogP contribution in [0.2, 0.25) is 0 Å². The second kappa shape index (κ2) is 3.62. The van der Waals surface area contributed by atoms with Gasteiger partial charge in [0.1, 0.15) is 5.82 Å². The van der Waals surface area contributed by atoms with Crippen LogP contribution in [0.4, 0.5) is 4.39 Å². The quantitative estimate of drug-likeness (QED) is 0.815. The zero-order chi connectivity index (χ0) is 11.0. The molecule has 4 heteroatoms. The van der Waals surface area contributed by atoms with Crippen molar-refractivity contribution in [3.05, 3.63) is 29.7 Å². The van der Waals surface area contributed by atoms with E-state index in [0.717, 1.165) is 10.9 Å². The fourth-order valence-electron chi connectivity index (χ4n) is 1.70. The van der Waals surface area contributed by atoms with Crippen LogP contribution in [0.3, 0.4) is 0 Å². The molecule has 0 spiro atoms. The van der Waals surface area contributed by atoms with Gasteiger partial charge in [-0.3, -0.25) is 4.68 Å². The maximum Gasteiger partial charge on any atom is 0.128 e. The summed E-state index contributed by atoms with van der Waals surface area (Å²) in [6.07, 6.45) is 1.74. The Morgan fingerprint density at radius 1 is 1.53 bits per heavy atom. The normalized spacial score (nSPS) is 13.3. The van der Waals surface area contributed by atoms with Crippen LogP contribution in [0.25, 0.3) is 10.9 Å². The number of nitrogens with two attached hydrogens (primary N) is 1. The molecular weight excluding hydrogens is 193 g/mol. The molecular formula is C11H14FN3. The molecule has 1 atom stereocenters.